The molecule has 0 aliphatic rings. The molecule has 2 nitrogen and oxygen atoms in total. The van der Waals surface area contributed by atoms with Gasteiger partial charge in [-0.2, -0.15) is 0 Å². The Morgan fingerprint density at radius 3 is 2.83 bits per heavy atom. The average molecular weight is 166 g/mol. The maximum absolute atomic E-state index is 10.7. The summed E-state index contributed by atoms with van der Waals surface area (Å²) in [5.74, 6) is 5.30. The van der Waals surface area contributed by atoms with E-state index in [4.69, 9.17) is 0 Å². The van der Waals surface area contributed by atoms with Crippen molar-refractivity contribution >= 4 is 5.97 Å². The van der Waals surface area contributed by atoms with Crippen LogP contribution in [0.5, 0.6) is 0 Å². The van der Waals surface area contributed by atoms with Crippen LogP contribution < -0.4 is 0 Å². The van der Waals surface area contributed by atoms with Crippen LogP contribution in [0.25, 0.3) is 0 Å². The van der Waals surface area contributed by atoms with Crippen molar-refractivity contribution in [2.75, 3.05) is 6.61 Å². The SMILES string of the molecule is CCCC#C/C=C/C(=O)OCC. The highest BCUT2D eigenvalue weighted by molar-refractivity contribution is 5.82. The summed E-state index contributed by atoms with van der Waals surface area (Å²) in [6, 6.07) is 0. The molecule has 0 rings (SSSR count). The molecular formula is C10H14O2. The molecule has 0 aromatic carbocycles. The Morgan fingerprint density at radius 1 is 1.50 bits per heavy atom. The van der Waals surface area contributed by atoms with E-state index in [-0.39, 0.29) is 5.97 Å². The summed E-state index contributed by atoms with van der Waals surface area (Å²) in [4.78, 5) is 10.7. The summed E-state index contributed by atoms with van der Waals surface area (Å²) in [7, 11) is 0. The quantitative estimate of drug-likeness (QED) is 0.363. The van der Waals surface area contributed by atoms with E-state index >= 15 is 0 Å². The van der Waals surface area contributed by atoms with Crippen LogP contribution >= 0.6 is 0 Å². The van der Waals surface area contributed by atoms with Crippen molar-refractivity contribution in [2.24, 2.45) is 0 Å². The number of carbonyl (C=O) groups is 1. The number of rotatable bonds is 3. The number of allylic oxidation sites excluding steroid dienone is 1. The number of unbranched alkanes of at least 4 members (excludes halogenated alkanes) is 1. The lowest BCUT2D eigenvalue weighted by Gasteiger charge is -1.91. The molecule has 0 radical (unpaired) electrons. The topological polar surface area (TPSA) is 26.3 Å². The third-order valence-corrected chi connectivity index (χ3v) is 1.07. The van der Waals surface area contributed by atoms with Crippen LogP contribution in [0.3, 0.4) is 0 Å². The molecule has 0 aromatic heterocycles. The summed E-state index contributed by atoms with van der Waals surface area (Å²) >= 11 is 0. The lowest BCUT2D eigenvalue weighted by molar-refractivity contribution is -0.137. The van der Waals surface area contributed by atoms with Crippen LogP contribution in [-0.2, 0) is 9.53 Å². The molecule has 0 fully saturated rings. The predicted octanol–water partition coefficient (Wildman–Crippen LogP) is 1.91. The molecule has 66 valence electrons. The first kappa shape index (κ1) is 10.8. The van der Waals surface area contributed by atoms with Gasteiger partial charge in [0.25, 0.3) is 0 Å². The smallest absolute Gasteiger partial charge is 0.331 e. The largest absolute Gasteiger partial charge is 0.463 e. The molecule has 0 N–H and O–H groups in total. The standard InChI is InChI=1S/C10H14O2/c1-3-5-6-7-8-9-10(11)12-4-2/h8-9H,3-5H2,1-2H3/b9-8+. The summed E-state index contributed by atoms with van der Waals surface area (Å²) in [5, 5.41) is 0. The predicted molar refractivity (Wildman–Crippen MR) is 48.5 cm³/mol. The van der Waals surface area contributed by atoms with Crippen molar-refractivity contribution in [1.82, 2.24) is 0 Å². The van der Waals surface area contributed by atoms with Crippen molar-refractivity contribution in [3.8, 4) is 11.8 Å². The molecule has 0 atom stereocenters. The molecule has 2 heteroatoms. The number of ether oxygens (including phenoxy) is 1. The minimum atomic E-state index is -0.330. The third kappa shape index (κ3) is 6.88. The molecule has 0 spiro atoms. The highest BCUT2D eigenvalue weighted by atomic mass is 16.5. The Labute approximate surface area is 73.6 Å². The fraction of sp³-hybridized carbons (Fsp3) is 0.500. The molecular weight excluding hydrogens is 152 g/mol. The lowest BCUT2D eigenvalue weighted by atomic mass is 10.3. The van der Waals surface area contributed by atoms with E-state index in [0.29, 0.717) is 6.61 Å². The van der Waals surface area contributed by atoms with Gasteiger partial charge in [-0.1, -0.05) is 18.8 Å². The Kier molecular flexibility index (Phi) is 7.07. The molecule has 0 aliphatic heterocycles. The van der Waals surface area contributed by atoms with Crippen LogP contribution in [0.1, 0.15) is 26.7 Å². The van der Waals surface area contributed by atoms with Crippen LogP contribution in [0, 0.1) is 11.8 Å². The minimum absolute atomic E-state index is 0.330. The Bertz CT molecular complexity index is 206. The molecule has 0 bridgehead atoms. The number of carbonyl (C=O) groups excluding carboxylic acids is 1. The number of hydrogen-bond donors (Lipinski definition) is 0. The van der Waals surface area contributed by atoms with Crippen molar-refractivity contribution in [3.63, 3.8) is 0 Å². The number of esters is 1. The van der Waals surface area contributed by atoms with Gasteiger partial charge < -0.3 is 4.74 Å². The molecule has 0 heterocycles. The van der Waals surface area contributed by atoms with E-state index in [1.807, 2.05) is 0 Å². The zero-order chi connectivity index (χ0) is 9.23. The maximum atomic E-state index is 10.7. The van der Waals surface area contributed by atoms with Gasteiger partial charge in [-0.15, -0.1) is 0 Å². The molecule has 0 saturated carbocycles. The van der Waals surface area contributed by atoms with E-state index in [9.17, 15) is 4.79 Å². The van der Waals surface area contributed by atoms with Crippen LogP contribution in [0.4, 0.5) is 0 Å². The van der Waals surface area contributed by atoms with E-state index < -0.39 is 0 Å². The van der Waals surface area contributed by atoms with Gasteiger partial charge in [-0.3, -0.25) is 0 Å². The van der Waals surface area contributed by atoms with E-state index in [0.717, 1.165) is 12.8 Å². The van der Waals surface area contributed by atoms with Gasteiger partial charge >= 0.3 is 5.97 Å². The van der Waals surface area contributed by atoms with Gasteiger partial charge in [0.2, 0.25) is 0 Å². The molecule has 0 unspecified atom stereocenters. The minimum Gasteiger partial charge on any atom is -0.463 e. The van der Waals surface area contributed by atoms with Crippen LogP contribution in [-0.4, -0.2) is 12.6 Å². The van der Waals surface area contributed by atoms with Crippen molar-refractivity contribution in [1.29, 1.82) is 0 Å². The van der Waals surface area contributed by atoms with Crippen molar-refractivity contribution in [3.05, 3.63) is 12.2 Å². The van der Waals surface area contributed by atoms with Crippen molar-refractivity contribution in [2.45, 2.75) is 26.7 Å². The van der Waals surface area contributed by atoms with Crippen LogP contribution in [0.2, 0.25) is 0 Å². The molecule has 0 amide bonds. The normalized spacial score (nSPS) is 9.17. The summed E-state index contributed by atoms with van der Waals surface area (Å²) in [5.41, 5.74) is 0. The average Bonchev–Trinajstić information content (AvgIpc) is 2.05. The van der Waals surface area contributed by atoms with E-state index in [1.54, 1.807) is 6.92 Å². The van der Waals surface area contributed by atoms with Gasteiger partial charge in [0.1, 0.15) is 0 Å². The zero-order valence-electron chi connectivity index (χ0n) is 7.59. The first-order chi connectivity index (χ1) is 5.81. The molecule has 12 heavy (non-hydrogen) atoms. The lowest BCUT2D eigenvalue weighted by Crippen LogP contribution is -1.98. The van der Waals surface area contributed by atoms with Gasteiger partial charge in [0.05, 0.1) is 6.61 Å². The molecule has 0 aliphatic carbocycles. The second-order valence-electron chi connectivity index (χ2n) is 2.16. The Hall–Kier alpha value is -1.23. The Morgan fingerprint density at radius 2 is 2.25 bits per heavy atom. The van der Waals surface area contributed by atoms with E-state index in [1.165, 1.54) is 12.2 Å². The second-order valence-corrected chi connectivity index (χ2v) is 2.16. The van der Waals surface area contributed by atoms with Gasteiger partial charge in [0.15, 0.2) is 0 Å². The Balaban J connectivity index is 3.62. The summed E-state index contributed by atoms with van der Waals surface area (Å²) in [6.45, 7) is 4.24. The first-order valence-corrected chi connectivity index (χ1v) is 4.13. The highest BCUT2D eigenvalue weighted by Gasteiger charge is 1.89. The molecule has 0 saturated heterocycles. The number of hydrogen-bond acceptors (Lipinski definition) is 2. The summed E-state index contributed by atoms with van der Waals surface area (Å²) < 4.78 is 4.65. The van der Waals surface area contributed by atoms with Gasteiger partial charge in [-0.05, 0) is 19.4 Å². The third-order valence-electron chi connectivity index (χ3n) is 1.07. The van der Waals surface area contributed by atoms with Crippen molar-refractivity contribution < 1.29 is 9.53 Å². The summed E-state index contributed by atoms with van der Waals surface area (Å²) in [6.07, 6.45) is 4.77. The first-order valence-electron chi connectivity index (χ1n) is 4.13. The maximum Gasteiger partial charge on any atom is 0.331 e. The monoisotopic (exact) mass is 166 g/mol. The van der Waals surface area contributed by atoms with Gasteiger partial charge in [0, 0.05) is 12.5 Å². The van der Waals surface area contributed by atoms with Gasteiger partial charge in [-0.25, -0.2) is 4.79 Å². The van der Waals surface area contributed by atoms with E-state index in [2.05, 4.69) is 23.5 Å². The highest BCUT2D eigenvalue weighted by Crippen LogP contribution is 1.83. The molecule has 0 aromatic rings. The zero-order valence-corrected chi connectivity index (χ0v) is 7.59. The van der Waals surface area contributed by atoms with Crippen LogP contribution in [0.15, 0.2) is 12.2 Å². The second kappa shape index (κ2) is 7.87. The fourth-order valence-corrected chi connectivity index (χ4v) is 0.556. The fourth-order valence-electron chi connectivity index (χ4n) is 0.556.